The van der Waals surface area contributed by atoms with E-state index < -0.39 is 104 Å². The van der Waals surface area contributed by atoms with Crippen LogP contribution < -0.4 is 0 Å². The lowest BCUT2D eigenvalue weighted by Crippen LogP contribution is -2.64. The molecule has 9 atom stereocenters. The maximum absolute atomic E-state index is 12.9. The van der Waals surface area contributed by atoms with E-state index in [1.54, 1.807) is 36.4 Å². The van der Waals surface area contributed by atoms with Crippen LogP contribution in [-0.4, -0.2) is 109 Å². The van der Waals surface area contributed by atoms with E-state index in [9.17, 15) is 33.9 Å². The molecule has 0 saturated carbocycles. The Bertz CT molecular complexity index is 1500. The normalized spacial score (nSPS) is 27.6. The number of carbonyl (C=O) groups excluding carboxylic acids is 6. The van der Waals surface area contributed by atoms with Gasteiger partial charge in [0.2, 0.25) is 0 Å². The number of esters is 6. The van der Waals surface area contributed by atoms with E-state index in [1.807, 2.05) is 0 Å². The zero-order chi connectivity index (χ0) is 36.4. The number of hydrogen-bond donors (Lipinski definition) is 1. The quantitative estimate of drug-likeness (QED) is 0.246. The summed E-state index contributed by atoms with van der Waals surface area (Å²) < 4.78 is 50.5. The third kappa shape index (κ3) is 10.5. The molecule has 2 aliphatic heterocycles. The maximum Gasteiger partial charge on any atom is 0.338 e. The average Bonchev–Trinajstić information content (AvgIpc) is 3.07. The summed E-state index contributed by atoms with van der Waals surface area (Å²) in [5.41, 5.74) is 0.422. The molecule has 16 heteroatoms. The average molecular weight is 703 g/mol. The number of aliphatic hydroxyl groups excluding tert-OH is 1. The highest BCUT2D eigenvalue weighted by Crippen LogP contribution is 2.34. The first kappa shape index (κ1) is 37.9. The molecule has 2 aromatic rings. The maximum atomic E-state index is 12.9. The summed E-state index contributed by atoms with van der Waals surface area (Å²) in [6.45, 7) is 3.37. The molecule has 0 unspecified atom stereocenters. The van der Waals surface area contributed by atoms with Gasteiger partial charge in [-0.15, -0.1) is 0 Å². The van der Waals surface area contributed by atoms with Gasteiger partial charge in [-0.25, -0.2) is 9.59 Å². The summed E-state index contributed by atoms with van der Waals surface area (Å²) in [5, 5.41) is 10.9. The van der Waals surface area contributed by atoms with Crippen LogP contribution in [0, 0.1) is 0 Å². The van der Waals surface area contributed by atoms with E-state index in [2.05, 4.69) is 0 Å². The van der Waals surface area contributed by atoms with Crippen LogP contribution in [0.5, 0.6) is 0 Å². The molecular formula is C34H38O16. The van der Waals surface area contributed by atoms with Crippen LogP contribution in [0.25, 0.3) is 0 Å². The second-order valence-electron chi connectivity index (χ2n) is 11.3. The van der Waals surface area contributed by atoms with Gasteiger partial charge in [0.15, 0.2) is 37.0 Å². The first-order valence-corrected chi connectivity index (χ1v) is 15.6. The summed E-state index contributed by atoms with van der Waals surface area (Å²) in [7, 11) is 0. The van der Waals surface area contributed by atoms with Crippen molar-refractivity contribution in [3.05, 3.63) is 71.8 Å². The third-order valence-corrected chi connectivity index (χ3v) is 7.42. The number of benzene rings is 2. The van der Waals surface area contributed by atoms with Crippen molar-refractivity contribution in [2.24, 2.45) is 0 Å². The first-order chi connectivity index (χ1) is 23.8. The van der Waals surface area contributed by atoms with Crippen molar-refractivity contribution < 1.29 is 76.5 Å². The Hall–Kier alpha value is -4.90. The summed E-state index contributed by atoms with van der Waals surface area (Å²) in [4.78, 5) is 74.1. The summed E-state index contributed by atoms with van der Waals surface area (Å²) >= 11 is 0. The van der Waals surface area contributed by atoms with E-state index >= 15 is 0 Å². The zero-order valence-electron chi connectivity index (χ0n) is 27.7. The highest BCUT2D eigenvalue weighted by Gasteiger charge is 2.54. The van der Waals surface area contributed by atoms with Crippen molar-refractivity contribution in [3.8, 4) is 0 Å². The fourth-order valence-electron chi connectivity index (χ4n) is 5.31. The third-order valence-electron chi connectivity index (χ3n) is 7.42. The summed E-state index contributed by atoms with van der Waals surface area (Å²) in [6, 6.07) is 16.0. The van der Waals surface area contributed by atoms with Gasteiger partial charge >= 0.3 is 35.8 Å². The molecule has 2 aromatic carbocycles. The molecule has 16 nitrogen and oxygen atoms in total. The fourth-order valence-corrected chi connectivity index (χ4v) is 5.31. The Labute approximate surface area is 286 Å². The van der Waals surface area contributed by atoms with Crippen LogP contribution in [0.15, 0.2) is 60.7 Å². The van der Waals surface area contributed by atoms with E-state index in [0.29, 0.717) is 0 Å². The van der Waals surface area contributed by atoms with Gasteiger partial charge in [0, 0.05) is 34.1 Å². The molecule has 2 saturated heterocycles. The topological polar surface area (TPSA) is 206 Å². The number of hydrogen-bond acceptors (Lipinski definition) is 16. The largest absolute Gasteiger partial charge is 0.463 e. The van der Waals surface area contributed by atoms with E-state index in [1.165, 1.54) is 24.3 Å². The van der Waals surface area contributed by atoms with Gasteiger partial charge < -0.3 is 47.7 Å². The molecular weight excluding hydrogens is 664 g/mol. The van der Waals surface area contributed by atoms with Crippen molar-refractivity contribution in [1.82, 2.24) is 0 Å². The standard InChI is InChI=1S/C34H38O16/c1-18(35)42-17-27-28(44-19(2)36)29(45-20(3)37)30(46-21(4)38)34(50-27)49-24-15-25(47-32(40)23-13-9-6-10-14-23)33(41)48-26(24)16-43-31(39)22-11-7-5-8-12-22/h5-14,24-30,33-34,41H,15-17H2,1-4H3/t24-,25-,26+,27+,28-,29-,30+,33-,34+/m0/s1. The Balaban J connectivity index is 1.66. The van der Waals surface area contributed by atoms with Crippen LogP contribution >= 0.6 is 0 Å². The van der Waals surface area contributed by atoms with Crippen molar-refractivity contribution in [2.45, 2.75) is 89.4 Å². The van der Waals surface area contributed by atoms with Crippen LogP contribution in [0.4, 0.5) is 0 Å². The number of rotatable bonds is 12. The smallest absolute Gasteiger partial charge is 0.338 e. The Kier molecular flexibility index (Phi) is 13.4. The van der Waals surface area contributed by atoms with Gasteiger partial charge in [0.1, 0.15) is 25.4 Å². The predicted molar refractivity (Wildman–Crippen MR) is 165 cm³/mol. The Morgan fingerprint density at radius 1 is 0.600 bits per heavy atom. The first-order valence-electron chi connectivity index (χ1n) is 15.6. The molecule has 1 N–H and O–H groups in total. The van der Waals surface area contributed by atoms with Gasteiger partial charge in [-0.05, 0) is 24.3 Å². The molecule has 0 aromatic heterocycles. The lowest BCUT2D eigenvalue weighted by Gasteiger charge is -2.46. The summed E-state index contributed by atoms with van der Waals surface area (Å²) in [6.07, 6.45) is -13.2. The van der Waals surface area contributed by atoms with Gasteiger partial charge in [-0.1, -0.05) is 36.4 Å². The van der Waals surface area contributed by atoms with E-state index in [0.717, 1.165) is 27.7 Å². The molecule has 0 radical (unpaired) electrons. The van der Waals surface area contributed by atoms with Crippen LogP contribution in [0.1, 0.15) is 54.8 Å². The highest BCUT2D eigenvalue weighted by atomic mass is 16.8. The van der Waals surface area contributed by atoms with E-state index in [-0.39, 0.29) is 17.5 Å². The molecule has 2 fully saturated rings. The highest BCUT2D eigenvalue weighted by molar-refractivity contribution is 5.89. The molecule has 50 heavy (non-hydrogen) atoms. The van der Waals surface area contributed by atoms with Gasteiger partial charge in [0.25, 0.3) is 0 Å². The zero-order valence-corrected chi connectivity index (χ0v) is 27.7. The van der Waals surface area contributed by atoms with Crippen molar-refractivity contribution in [1.29, 1.82) is 0 Å². The lowest BCUT2D eigenvalue weighted by molar-refractivity contribution is -0.340. The van der Waals surface area contributed by atoms with Gasteiger partial charge in [-0.2, -0.15) is 0 Å². The monoisotopic (exact) mass is 702 g/mol. The number of aliphatic hydroxyl groups is 1. The second-order valence-corrected chi connectivity index (χ2v) is 11.3. The van der Waals surface area contributed by atoms with Crippen molar-refractivity contribution >= 4 is 35.8 Å². The molecule has 0 aliphatic carbocycles. The van der Waals surface area contributed by atoms with Gasteiger partial charge in [-0.3, -0.25) is 19.2 Å². The molecule has 2 heterocycles. The lowest BCUT2D eigenvalue weighted by atomic mass is 9.97. The minimum atomic E-state index is -1.70. The summed E-state index contributed by atoms with van der Waals surface area (Å²) in [5.74, 6) is -4.73. The predicted octanol–water partition coefficient (Wildman–Crippen LogP) is 1.64. The molecule has 0 bridgehead atoms. The van der Waals surface area contributed by atoms with Crippen LogP contribution in [0.3, 0.4) is 0 Å². The minimum absolute atomic E-state index is 0.190. The second kappa shape index (κ2) is 17.7. The number of carbonyl (C=O) groups is 6. The van der Waals surface area contributed by atoms with Crippen molar-refractivity contribution in [2.75, 3.05) is 13.2 Å². The molecule has 0 amide bonds. The molecule has 2 aliphatic rings. The molecule has 0 spiro atoms. The molecule has 4 rings (SSSR count). The molecule has 270 valence electrons. The fraction of sp³-hybridized carbons (Fsp3) is 0.471. The SMILES string of the molecule is CC(=O)OC[C@H]1O[C@@H](O[C@H]2C[C@H](OC(=O)c3ccccc3)[C@@H](O)O[C@@H]2COC(=O)c2ccccc2)[C@H](OC(C)=O)[C@@H](OC(C)=O)[C@H]1OC(C)=O. The van der Waals surface area contributed by atoms with Crippen molar-refractivity contribution in [3.63, 3.8) is 0 Å². The van der Waals surface area contributed by atoms with E-state index in [4.69, 9.17) is 42.6 Å². The Morgan fingerprint density at radius 2 is 1.12 bits per heavy atom. The Morgan fingerprint density at radius 3 is 1.68 bits per heavy atom. The van der Waals surface area contributed by atoms with Gasteiger partial charge in [0.05, 0.1) is 17.2 Å². The van der Waals surface area contributed by atoms with Crippen LogP contribution in [0.2, 0.25) is 0 Å². The van der Waals surface area contributed by atoms with Crippen LogP contribution in [-0.2, 0) is 61.8 Å². The number of ether oxygens (including phenoxy) is 9. The minimum Gasteiger partial charge on any atom is -0.463 e.